The van der Waals surface area contributed by atoms with Gasteiger partial charge in [-0.3, -0.25) is 10.1 Å². The number of hydrogen-bond acceptors (Lipinski definition) is 7. The molecule has 3 rings (SSSR count). The lowest BCUT2D eigenvalue weighted by Crippen LogP contribution is -2.13. The van der Waals surface area contributed by atoms with Gasteiger partial charge >= 0.3 is 0 Å². The SMILES string of the molecule is CCSc1nsc(NC(=O)/C(C#N)=C\c2ccc(-c3cccc(Cl)c3)o2)n1. The second kappa shape index (κ2) is 8.86. The number of nitrogens with one attached hydrogen (secondary N) is 1. The van der Waals surface area contributed by atoms with Crippen molar-refractivity contribution in [3.63, 3.8) is 0 Å². The molecule has 0 bridgehead atoms. The van der Waals surface area contributed by atoms with Crippen LogP contribution in [0.4, 0.5) is 5.13 Å². The van der Waals surface area contributed by atoms with Crippen LogP contribution in [-0.4, -0.2) is 21.0 Å². The van der Waals surface area contributed by atoms with Gasteiger partial charge in [-0.25, -0.2) is 0 Å². The molecule has 27 heavy (non-hydrogen) atoms. The number of amides is 1. The molecule has 2 aromatic heterocycles. The van der Waals surface area contributed by atoms with E-state index < -0.39 is 5.91 Å². The van der Waals surface area contributed by atoms with Crippen LogP contribution >= 0.6 is 34.9 Å². The smallest absolute Gasteiger partial charge is 0.268 e. The lowest BCUT2D eigenvalue weighted by molar-refractivity contribution is -0.112. The molecule has 0 saturated heterocycles. The third-order valence-corrected chi connectivity index (χ3v) is 5.00. The average molecular weight is 417 g/mol. The number of nitriles is 1. The molecule has 0 unspecified atom stereocenters. The van der Waals surface area contributed by atoms with E-state index in [2.05, 4.69) is 14.7 Å². The Hall–Kier alpha value is -2.60. The van der Waals surface area contributed by atoms with Crippen molar-refractivity contribution in [3.05, 3.63) is 52.8 Å². The number of hydrogen-bond donors (Lipinski definition) is 1. The van der Waals surface area contributed by atoms with Crippen molar-refractivity contribution in [1.82, 2.24) is 9.36 Å². The molecule has 0 radical (unpaired) electrons. The summed E-state index contributed by atoms with van der Waals surface area (Å²) in [5, 5.41) is 13.4. The Morgan fingerprint density at radius 1 is 1.44 bits per heavy atom. The van der Waals surface area contributed by atoms with Gasteiger partial charge in [-0.05, 0) is 30.0 Å². The number of carbonyl (C=O) groups excluding carboxylic acids is 1. The monoisotopic (exact) mass is 416 g/mol. The number of furan rings is 1. The van der Waals surface area contributed by atoms with E-state index in [0.717, 1.165) is 22.8 Å². The Morgan fingerprint density at radius 2 is 2.30 bits per heavy atom. The topological polar surface area (TPSA) is 91.8 Å². The molecule has 0 aliphatic carbocycles. The van der Waals surface area contributed by atoms with Gasteiger partial charge in [-0.2, -0.15) is 14.6 Å². The van der Waals surface area contributed by atoms with E-state index in [9.17, 15) is 10.1 Å². The summed E-state index contributed by atoms with van der Waals surface area (Å²) in [5.74, 6) is 1.24. The van der Waals surface area contributed by atoms with Crippen molar-refractivity contribution in [2.75, 3.05) is 11.1 Å². The number of rotatable bonds is 6. The van der Waals surface area contributed by atoms with Crippen LogP contribution in [0.25, 0.3) is 17.4 Å². The molecule has 0 aliphatic heterocycles. The van der Waals surface area contributed by atoms with E-state index in [-0.39, 0.29) is 5.57 Å². The molecule has 0 aliphatic rings. The van der Waals surface area contributed by atoms with E-state index in [1.165, 1.54) is 17.8 Å². The van der Waals surface area contributed by atoms with Gasteiger partial charge < -0.3 is 4.42 Å². The number of thioether (sulfide) groups is 1. The highest BCUT2D eigenvalue weighted by atomic mass is 35.5. The van der Waals surface area contributed by atoms with Crippen molar-refractivity contribution in [3.8, 4) is 17.4 Å². The Labute approximate surface area is 169 Å². The van der Waals surface area contributed by atoms with Crippen LogP contribution < -0.4 is 5.32 Å². The first kappa shape index (κ1) is 19.2. The summed E-state index contributed by atoms with van der Waals surface area (Å²) in [6.45, 7) is 1.99. The lowest BCUT2D eigenvalue weighted by Gasteiger charge is -1.99. The minimum Gasteiger partial charge on any atom is -0.457 e. The normalized spacial score (nSPS) is 11.2. The van der Waals surface area contributed by atoms with E-state index in [0.29, 0.717) is 26.8 Å². The summed E-state index contributed by atoms with van der Waals surface area (Å²) < 4.78 is 9.82. The second-order valence-electron chi connectivity index (χ2n) is 5.15. The summed E-state index contributed by atoms with van der Waals surface area (Å²) in [4.78, 5) is 16.5. The zero-order valence-corrected chi connectivity index (χ0v) is 16.5. The predicted molar refractivity (Wildman–Crippen MR) is 108 cm³/mol. The number of halogens is 1. The van der Waals surface area contributed by atoms with E-state index in [4.69, 9.17) is 16.0 Å². The molecule has 9 heteroatoms. The number of carbonyl (C=O) groups is 1. The van der Waals surface area contributed by atoms with Gasteiger partial charge in [0, 0.05) is 28.2 Å². The Morgan fingerprint density at radius 3 is 3.04 bits per heavy atom. The number of benzene rings is 1. The van der Waals surface area contributed by atoms with E-state index in [1.807, 2.05) is 25.1 Å². The molecule has 136 valence electrons. The Bertz CT molecular complexity index is 1040. The van der Waals surface area contributed by atoms with Gasteiger partial charge in [0.1, 0.15) is 23.2 Å². The third-order valence-electron chi connectivity index (χ3n) is 3.29. The van der Waals surface area contributed by atoms with Crippen LogP contribution in [0.3, 0.4) is 0 Å². The maximum atomic E-state index is 12.3. The molecule has 6 nitrogen and oxygen atoms in total. The minimum absolute atomic E-state index is 0.0955. The molecule has 1 N–H and O–H groups in total. The molecule has 3 aromatic rings. The number of anilines is 1. The van der Waals surface area contributed by atoms with Crippen LogP contribution in [0.15, 0.2) is 51.5 Å². The van der Waals surface area contributed by atoms with Crippen molar-refractivity contribution in [2.45, 2.75) is 12.1 Å². The first-order valence-corrected chi connectivity index (χ1v) is 9.98. The van der Waals surface area contributed by atoms with E-state index >= 15 is 0 Å². The summed E-state index contributed by atoms with van der Waals surface area (Å²) >= 11 is 8.53. The predicted octanol–water partition coefficient (Wildman–Crippen LogP) is 5.11. The number of nitrogens with zero attached hydrogens (tertiary/aromatic N) is 3. The van der Waals surface area contributed by atoms with Gasteiger partial charge in [0.25, 0.3) is 5.91 Å². The van der Waals surface area contributed by atoms with Gasteiger partial charge in [0.2, 0.25) is 10.3 Å². The molecular formula is C18H13ClN4O2S2. The van der Waals surface area contributed by atoms with Crippen LogP contribution in [0.1, 0.15) is 12.7 Å². The highest BCUT2D eigenvalue weighted by Crippen LogP contribution is 2.26. The lowest BCUT2D eigenvalue weighted by atomic mass is 10.2. The zero-order chi connectivity index (χ0) is 19.2. The molecule has 0 fully saturated rings. The number of aromatic nitrogens is 2. The highest BCUT2D eigenvalue weighted by molar-refractivity contribution is 7.99. The first-order chi connectivity index (χ1) is 13.1. The fourth-order valence-corrected chi connectivity index (χ4v) is 3.59. The summed E-state index contributed by atoms with van der Waals surface area (Å²) in [5.41, 5.74) is 0.710. The molecule has 0 spiro atoms. The van der Waals surface area contributed by atoms with Crippen molar-refractivity contribution in [2.24, 2.45) is 0 Å². The molecule has 1 aromatic carbocycles. The molecule has 0 atom stereocenters. The summed E-state index contributed by atoms with van der Waals surface area (Å²) in [6, 6.07) is 12.5. The maximum absolute atomic E-state index is 12.3. The maximum Gasteiger partial charge on any atom is 0.268 e. The Kier molecular flexibility index (Phi) is 6.29. The van der Waals surface area contributed by atoms with Gasteiger partial charge in [-0.15, -0.1) is 0 Å². The van der Waals surface area contributed by atoms with Gasteiger partial charge in [0.05, 0.1) is 0 Å². The van der Waals surface area contributed by atoms with Crippen LogP contribution in [-0.2, 0) is 4.79 Å². The summed E-state index contributed by atoms with van der Waals surface area (Å²) in [6.07, 6.45) is 1.38. The molecule has 1 amide bonds. The average Bonchev–Trinajstić information content (AvgIpc) is 3.29. The highest BCUT2D eigenvalue weighted by Gasteiger charge is 2.14. The quantitative estimate of drug-likeness (QED) is 0.341. The fourth-order valence-electron chi connectivity index (χ4n) is 2.13. The van der Waals surface area contributed by atoms with Crippen molar-refractivity contribution >= 4 is 52.0 Å². The van der Waals surface area contributed by atoms with Crippen LogP contribution in [0.5, 0.6) is 0 Å². The van der Waals surface area contributed by atoms with Crippen LogP contribution in [0, 0.1) is 11.3 Å². The van der Waals surface area contributed by atoms with Gasteiger partial charge in [-0.1, -0.05) is 42.4 Å². The standard InChI is InChI=1S/C18H13ClN4O2S2/c1-2-26-18-22-17(27-23-18)21-16(24)12(10-20)9-14-6-7-15(25-14)11-4-3-5-13(19)8-11/h3-9H,2H2,1H3,(H,21,22,23,24)/b12-9-. The van der Waals surface area contributed by atoms with Gasteiger partial charge in [0.15, 0.2) is 0 Å². The second-order valence-corrected chi connectivity index (χ2v) is 7.57. The summed E-state index contributed by atoms with van der Waals surface area (Å²) in [7, 11) is 0. The Balaban J connectivity index is 1.75. The van der Waals surface area contributed by atoms with E-state index in [1.54, 1.807) is 24.3 Å². The van der Waals surface area contributed by atoms with Crippen molar-refractivity contribution in [1.29, 1.82) is 5.26 Å². The minimum atomic E-state index is -0.567. The molecule has 2 heterocycles. The molecular weight excluding hydrogens is 404 g/mol. The van der Waals surface area contributed by atoms with Crippen LogP contribution in [0.2, 0.25) is 5.02 Å². The zero-order valence-electron chi connectivity index (χ0n) is 14.1. The third kappa shape index (κ3) is 4.98. The molecule has 0 saturated carbocycles. The van der Waals surface area contributed by atoms with Crippen molar-refractivity contribution < 1.29 is 9.21 Å². The fraction of sp³-hybridized carbons (Fsp3) is 0.111. The largest absolute Gasteiger partial charge is 0.457 e. The first-order valence-electron chi connectivity index (χ1n) is 7.84.